The van der Waals surface area contributed by atoms with Crippen molar-refractivity contribution in [1.29, 1.82) is 0 Å². The number of hydrogen-bond acceptors (Lipinski definition) is 3. The average molecular weight is 253 g/mol. The molecule has 1 aromatic carbocycles. The molecule has 0 aliphatic heterocycles. The Morgan fingerprint density at radius 1 is 1.50 bits per heavy atom. The number of amides is 1. The van der Waals surface area contributed by atoms with Crippen LogP contribution >= 0.6 is 0 Å². The number of primary amides is 1. The molecule has 0 aliphatic carbocycles. The number of rotatable bonds is 6. The lowest BCUT2D eigenvalue weighted by Crippen LogP contribution is -2.58. The van der Waals surface area contributed by atoms with E-state index < -0.39 is 11.4 Å². The first-order valence-electron chi connectivity index (χ1n) is 5.93. The Morgan fingerprint density at radius 3 is 2.56 bits per heavy atom. The quantitative estimate of drug-likeness (QED) is 0.798. The second-order valence-electron chi connectivity index (χ2n) is 4.41. The zero-order chi connectivity index (χ0) is 13.8. The minimum absolute atomic E-state index is 0.303. The summed E-state index contributed by atoms with van der Waals surface area (Å²) in [5, 5.41) is 2.89. The maximum Gasteiger partial charge on any atom is 0.239 e. The highest BCUT2D eigenvalue weighted by atomic mass is 19.1. The number of carbonyl (C=O) groups excluding carboxylic acids is 1. The summed E-state index contributed by atoms with van der Waals surface area (Å²) in [6.45, 7) is 4.52. The van der Waals surface area contributed by atoms with Crippen molar-refractivity contribution in [2.45, 2.75) is 19.4 Å². The van der Waals surface area contributed by atoms with E-state index in [4.69, 9.17) is 5.73 Å². The molecule has 0 bridgehead atoms. The molecule has 18 heavy (non-hydrogen) atoms. The van der Waals surface area contributed by atoms with E-state index in [1.807, 2.05) is 6.92 Å². The van der Waals surface area contributed by atoms with Crippen LogP contribution in [0.2, 0.25) is 0 Å². The number of likely N-dealkylation sites (N-methyl/N-ethyl adjacent to an activating group) is 2. The first kappa shape index (κ1) is 14.4. The molecule has 0 fully saturated rings. The van der Waals surface area contributed by atoms with Gasteiger partial charge in [0.15, 0.2) is 0 Å². The van der Waals surface area contributed by atoms with Gasteiger partial charge in [-0.05, 0) is 33.0 Å². The van der Waals surface area contributed by atoms with Crippen LogP contribution in [0.15, 0.2) is 24.3 Å². The second-order valence-corrected chi connectivity index (χ2v) is 4.41. The van der Waals surface area contributed by atoms with E-state index >= 15 is 0 Å². The zero-order valence-corrected chi connectivity index (χ0v) is 11.0. The SMILES string of the molecule is CCN(CC(C)(NC)C(N)=O)c1ccccc1F. The number of anilines is 1. The van der Waals surface area contributed by atoms with Gasteiger partial charge in [0.2, 0.25) is 5.91 Å². The predicted octanol–water partition coefficient (Wildman–Crippen LogP) is 1.12. The van der Waals surface area contributed by atoms with Crippen LogP contribution in [-0.4, -0.2) is 31.6 Å². The molecule has 0 saturated carbocycles. The van der Waals surface area contributed by atoms with Gasteiger partial charge in [-0.1, -0.05) is 12.1 Å². The summed E-state index contributed by atoms with van der Waals surface area (Å²) in [4.78, 5) is 13.2. The molecular formula is C13H20FN3O. The van der Waals surface area contributed by atoms with Crippen LogP contribution in [0.1, 0.15) is 13.8 Å². The van der Waals surface area contributed by atoms with Gasteiger partial charge < -0.3 is 16.0 Å². The molecule has 1 atom stereocenters. The lowest BCUT2D eigenvalue weighted by molar-refractivity contribution is -0.123. The van der Waals surface area contributed by atoms with E-state index in [0.29, 0.717) is 18.8 Å². The summed E-state index contributed by atoms with van der Waals surface area (Å²) in [5.74, 6) is -0.762. The van der Waals surface area contributed by atoms with Gasteiger partial charge in [-0.3, -0.25) is 4.79 Å². The minimum Gasteiger partial charge on any atom is -0.368 e. The van der Waals surface area contributed by atoms with Crippen molar-refractivity contribution in [2.24, 2.45) is 5.73 Å². The number of halogens is 1. The fourth-order valence-corrected chi connectivity index (χ4v) is 1.74. The summed E-state index contributed by atoms with van der Waals surface area (Å²) in [6, 6.07) is 6.50. The van der Waals surface area contributed by atoms with E-state index in [1.165, 1.54) is 6.07 Å². The number of hydrogen-bond donors (Lipinski definition) is 2. The maximum atomic E-state index is 13.7. The third-order valence-electron chi connectivity index (χ3n) is 3.18. The van der Waals surface area contributed by atoms with E-state index in [9.17, 15) is 9.18 Å². The van der Waals surface area contributed by atoms with Crippen molar-refractivity contribution in [3.63, 3.8) is 0 Å². The molecule has 0 spiro atoms. The van der Waals surface area contributed by atoms with Gasteiger partial charge in [-0.2, -0.15) is 0 Å². The fraction of sp³-hybridized carbons (Fsp3) is 0.462. The standard InChI is InChI=1S/C13H20FN3O/c1-4-17(9-13(2,16-3)12(15)18)11-8-6-5-7-10(11)14/h5-8,16H,4,9H2,1-3H3,(H2,15,18). The number of para-hydroxylation sites is 1. The lowest BCUT2D eigenvalue weighted by atomic mass is 10.0. The Kier molecular flexibility index (Phi) is 4.67. The molecular weight excluding hydrogens is 233 g/mol. The smallest absolute Gasteiger partial charge is 0.239 e. The van der Waals surface area contributed by atoms with Crippen molar-refractivity contribution < 1.29 is 9.18 Å². The normalized spacial score (nSPS) is 14.0. The molecule has 0 aromatic heterocycles. The summed E-state index contributed by atoms with van der Waals surface area (Å²) < 4.78 is 13.7. The van der Waals surface area contributed by atoms with Crippen molar-refractivity contribution >= 4 is 11.6 Å². The Hall–Kier alpha value is -1.62. The van der Waals surface area contributed by atoms with Gasteiger partial charge in [-0.25, -0.2) is 4.39 Å². The molecule has 0 heterocycles. The van der Waals surface area contributed by atoms with Crippen molar-refractivity contribution in [3.8, 4) is 0 Å². The number of benzene rings is 1. The van der Waals surface area contributed by atoms with Crippen LogP contribution in [-0.2, 0) is 4.79 Å². The van der Waals surface area contributed by atoms with Gasteiger partial charge >= 0.3 is 0 Å². The van der Waals surface area contributed by atoms with Crippen molar-refractivity contribution in [1.82, 2.24) is 5.32 Å². The Balaban J connectivity index is 2.99. The van der Waals surface area contributed by atoms with Crippen molar-refractivity contribution in [2.75, 3.05) is 25.0 Å². The van der Waals surface area contributed by atoms with Gasteiger partial charge in [0, 0.05) is 13.1 Å². The maximum absolute atomic E-state index is 13.7. The summed E-state index contributed by atoms with van der Waals surface area (Å²) >= 11 is 0. The molecule has 1 amide bonds. The fourth-order valence-electron chi connectivity index (χ4n) is 1.74. The van der Waals surface area contributed by atoms with Crippen molar-refractivity contribution in [3.05, 3.63) is 30.1 Å². The zero-order valence-electron chi connectivity index (χ0n) is 11.0. The average Bonchev–Trinajstić information content (AvgIpc) is 2.36. The van der Waals surface area contributed by atoms with E-state index in [1.54, 1.807) is 37.1 Å². The third-order valence-corrected chi connectivity index (χ3v) is 3.18. The first-order chi connectivity index (χ1) is 8.44. The largest absolute Gasteiger partial charge is 0.368 e. The van der Waals surface area contributed by atoms with Crippen LogP contribution in [0, 0.1) is 5.82 Å². The molecule has 0 radical (unpaired) electrons. The predicted molar refractivity (Wildman–Crippen MR) is 70.9 cm³/mol. The highest BCUT2D eigenvalue weighted by molar-refractivity contribution is 5.85. The first-order valence-corrected chi connectivity index (χ1v) is 5.93. The van der Waals surface area contributed by atoms with Gasteiger partial charge in [0.05, 0.1) is 5.69 Å². The van der Waals surface area contributed by atoms with E-state index in [2.05, 4.69) is 5.32 Å². The number of nitrogens with zero attached hydrogens (tertiary/aromatic N) is 1. The summed E-state index contributed by atoms with van der Waals surface area (Å²) in [6.07, 6.45) is 0. The van der Waals surface area contributed by atoms with Crippen LogP contribution in [0.4, 0.5) is 10.1 Å². The van der Waals surface area contributed by atoms with Crippen LogP contribution in [0.5, 0.6) is 0 Å². The molecule has 5 heteroatoms. The number of nitrogens with two attached hydrogens (primary N) is 1. The molecule has 1 aromatic rings. The van der Waals surface area contributed by atoms with Crippen LogP contribution in [0.3, 0.4) is 0 Å². The molecule has 1 rings (SSSR count). The van der Waals surface area contributed by atoms with Crippen LogP contribution < -0.4 is 16.0 Å². The van der Waals surface area contributed by atoms with Gasteiger partial charge in [0.1, 0.15) is 11.4 Å². The van der Waals surface area contributed by atoms with Crippen LogP contribution in [0.25, 0.3) is 0 Å². The molecule has 0 saturated heterocycles. The minimum atomic E-state index is -0.891. The Morgan fingerprint density at radius 2 is 2.11 bits per heavy atom. The van der Waals surface area contributed by atoms with E-state index in [-0.39, 0.29) is 5.82 Å². The van der Waals surface area contributed by atoms with Gasteiger partial charge in [0.25, 0.3) is 0 Å². The number of nitrogens with one attached hydrogen (secondary N) is 1. The second kappa shape index (κ2) is 5.82. The van der Waals surface area contributed by atoms with Gasteiger partial charge in [-0.15, -0.1) is 0 Å². The summed E-state index contributed by atoms with van der Waals surface area (Å²) in [5.41, 5.74) is 4.96. The summed E-state index contributed by atoms with van der Waals surface area (Å²) in [7, 11) is 1.67. The highest BCUT2D eigenvalue weighted by Crippen LogP contribution is 2.20. The molecule has 1 unspecified atom stereocenters. The highest BCUT2D eigenvalue weighted by Gasteiger charge is 2.31. The topological polar surface area (TPSA) is 58.4 Å². The molecule has 100 valence electrons. The Labute approximate surface area is 107 Å². The molecule has 4 nitrogen and oxygen atoms in total. The monoisotopic (exact) mass is 253 g/mol. The Bertz CT molecular complexity index is 424. The van der Waals surface area contributed by atoms with E-state index in [0.717, 1.165) is 0 Å². The molecule has 0 aliphatic rings. The lowest BCUT2D eigenvalue weighted by Gasteiger charge is -2.33. The molecule has 3 N–H and O–H groups in total. The number of carbonyl (C=O) groups is 1. The third kappa shape index (κ3) is 2.98.